The van der Waals surface area contributed by atoms with Crippen LogP contribution in [0.5, 0.6) is 11.5 Å². The number of ether oxygens (including phenoxy) is 3. The number of nitrogens with zero attached hydrogens (tertiary/aromatic N) is 1. The van der Waals surface area contributed by atoms with Crippen LogP contribution < -0.4 is 14.4 Å². The van der Waals surface area contributed by atoms with Crippen molar-refractivity contribution in [3.63, 3.8) is 0 Å². The van der Waals surface area contributed by atoms with Gasteiger partial charge in [-0.2, -0.15) is 4.39 Å². The van der Waals surface area contributed by atoms with E-state index in [1.807, 2.05) is 30.5 Å². The minimum Gasteiger partial charge on any atom is -0.497 e. The van der Waals surface area contributed by atoms with E-state index in [0.717, 1.165) is 44.2 Å². The van der Waals surface area contributed by atoms with Crippen LogP contribution in [0.15, 0.2) is 58.3 Å². The molecule has 0 fully saturated rings. The van der Waals surface area contributed by atoms with Crippen LogP contribution in [0.25, 0.3) is 0 Å². The van der Waals surface area contributed by atoms with Gasteiger partial charge in [-0.3, -0.25) is 0 Å². The van der Waals surface area contributed by atoms with Crippen molar-refractivity contribution >= 4 is 38.9 Å². The molecule has 1 aliphatic heterocycles. The minimum absolute atomic E-state index is 0.00470. The number of hydrogen-bond donors (Lipinski definition) is 0. The summed E-state index contributed by atoms with van der Waals surface area (Å²) in [7, 11) is -2.17. The third kappa shape index (κ3) is 7.51. The van der Waals surface area contributed by atoms with Gasteiger partial charge in [-0.05, 0) is 56.4 Å². The summed E-state index contributed by atoms with van der Waals surface area (Å²) < 4.78 is 58.1. The van der Waals surface area contributed by atoms with E-state index < -0.39 is 27.0 Å². The van der Waals surface area contributed by atoms with Crippen molar-refractivity contribution in [2.75, 3.05) is 37.2 Å². The first-order valence-corrected chi connectivity index (χ1v) is 16.6. The Kier molecular flexibility index (Phi) is 11.3. The number of hydrogen-bond acceptors (Lipinski definition) is 8. The zero-order valence-corrected chi connectivity index (χ0v) is 25.6. The lowest BCUT2D eigenvalue weighted by Crippen LogP contribution is -2.38. The smallest absolute Gasteiger partial charge is 0.370 e. The van der Waals surface area contributed by atoms with Crippen LogP contribution in [0.1, 0.15) is 59.3 Å². The molecule has 0 aromatic heterocycles. The number of fused-ring (bicyclic) bond motifs is 1. The van der Waals surface area contributed by atoms with E-state index in [1.54, 1.807) is 20.1 Å². The lowest BCUT2D eigenvalue weighted by molar-refractivity contribution is -0.140. The number of rotatable bonds is 13. The number of unbranched alkanes of at least 4 members (excludes halogenated alkanes) is 2. The second-order valence-electron chi connectivity index (χ2n) is 10.0. The predicted molar refractivity (Wildman–Crippen MR) is 158 cm³/mol. The first kappa shape index (κ1) is 31.8. The largest absolute Gasteiger partial charge is 0.497 e. The van der Waals surface area contributed by atoms with Gasteiger partial charge in [0.05, 0.1) is 34.9 Å². The molecule has 0 spiro atoms. The quantitative estimate of drug-likeness (QED) is 0.102. The van der Waals surface area contributed by atoms with Crippen LogP contribution in [-0.4, -0.2) is 46.7 Å². The number of esters is 1. The van der Waals surface area contributed by atoms with Crippen molar-refractivity contribution < 1.29 is 31.8 Å². The molecular formula is C30H40FNO6S2. The summed E-state index contributed by atoms with van der Waals surface area (Å²) in [6, 6.07) is 10.8. The van der Waals surface area contributed by atoms with E-state index >= 15 is 0 Å². The van der Waals surface area contributed by atoms with E-state index in [4.69, 9.17) is 9.47 Å². The number of halogens is 1. The molecule has 3 rings (SSSR count). The summed E-state index contributed by atoms with van der Waals surface area (Å²) in [4.78, 5) is 14.5. The molecule has 0 atom stereocenters. The lowest BCUT2D eigenvalue weighted by atomic mass is 9.79. The topological polar surface area (TPSA) is 82.1 Å². The Balaban J connectivity index is 2.21. The van der Waals surface area contributed by atoms with Crippen LogP contribution in [0.4, 0.5) is 15.8 Å². The summed E-state index contributed by atoms with van der Waals surface area (Å²) in [6.45, 7) is 6.37. The van der Waals surface area contributed by atoms with Crippen molar-refractivity contribution in [3.8, 4) is 11.5 Å². The van der Waals surface area contributed by atoms with E-state index in [1.165, 1.54) is 17.8 Å². The minimum atomic E-state index is -3.77. The Morgan fingerprint density at radius 1 is 1.10 bits per heavy atom. The van der Waals surface area contributed by atoms with E-state index in [9.17, 15) is 17.6 Å². The SMILES string of the molecule is CCCCC1(CCCC)CN(c2ccc(OC)cc2)c2cc(SC)c(O/C=C(\F)C(=O)OCC)cc2S(=O)(=O)C1. The summed E-state index contributed by atoms with van der Waals surface area (Å²) in [5.41, 5.74) is 0.942. The van der Waals surface area contributed by atoms with E-state index in [-0.39, 0.29) is 23.0 Å². The van der Waals surface area contributed by atoms with Gasteiger partial charge in [-0.1, -0.05) is 39.5 Å². The Morgan fingerprint density at radius 3 is 2.30 bits per heavy atom. The molecule has 7 nitrogen and oxygen atoms in total. The van der Waals surface area contributed by atoms with Crippen molar-refractivity contribution in [3.05, 3.63) is 48.5 Å². The van der Waals surface area contributed by atoms with Gasteiger partial charge < -0.3 is 19.1 Å². The molecule has 0 saturated heterocycles. The lowest BCUT2D eigenvalue weighted by Gasteiger charge is -2.37. The predicted octanol–water partition coefficient (Wildman–Crippen LogP) is 7.46. The molecular weight excluding hydrogens is 553 g/mol. The molecule has 220 valence electrons. The monoisotopic (exact) mass is 593 g/mol. The summed E-state index contributed by atoms with van der Waals surface area (Å²) >= 11 is 1.34. The third-order valence-corrected chi connectivity index (χ3v) is 9.87. The van der Waals surface area contributed by atoms with Crippen molar-refractivity contribution in [1.82, 2.24) is 0 Å². The highest BCUT2D eigenvalue weighted by molar-refractivity contribution is 7.98. The third-order valence-electron chi connectivity index (χ3n) is 7.13. The normalized spacial score (nSPS) is 16.1. The highest BCUT2D eigenvalue weighted by Gasteiger charge is 2.42. The van der Waals surface area contributed by atoms with Gasteiger partial charge >= 0.3 is 5.97 Å². The zero-order valence-electron chi connectivity index (χ0n) is 24.0. The second-order valence-corrected chi connectivity index (χ2v) is 12.8. The number of carbonyl (C=O) groups is 1. The molecule has 0 amide bonds. The maximum absolute atomic E-state index is 14.3. The van der Waals surface area contributed by atoms with Crippen molar-refractivity contribution in [2.24, 2.45) is 5.41 Å². The van der Waals surface area contributed by atoms with Gasteiger partial charge in [-0.25, -0.2) is 13.2 Å². The number of carbonyl (C=O) groups excluding carboxylic acids is 1. The Hall–Kier alpha value is -2.72. The van der Waals surface area contributed by atoms with Crippen LogP contribution in [0, 0.1) is 5.41 Å². The molecule has 1 aliphatic rings. The van der Waals surface area contributed by atoms with Crippen LogP contribution in [0.2, 0.25) is 0 Å². The Morgan fingerprint density at radius 2 is 1.75 bits per heavy atom. The Labute approximate surface area is 242 Å². The van der Waals surface area contributed by atoms with Crippen LogP contribution in [0.3, 0.4) is 0 Å². The van der Waals surface area contributed by atoms with Crippen LogP contribution >= 0.6 is 11.8 Å². The van der Waals surface area contributed by atoms with Gasteiger partial charge in [0.25, 0.3) is 0 Å². The van der Waals surface area contributed by atoms with Gasteiger partial charge in [0.2, 0.25) is 5.83 Å². The average molecular weight is 594 g/mol. The molecule has 10 heteroatoms. The molecule has 0 radical (unpaired) electrons. The maximum Gasteiger partial charge on any atom is 0.370 e. The van der Waals surface area contributed by atoms with Gasteiger partial charge in [0.15, 0.2) is 9.84 Å². The highest BCUT2D eigenvalue weighted by atomic mass is 32.2. The number of anilines is 2. The fourth-order valence-electron chi connectivity index (χ4n) is 5.08. The van der Waals surface area contributed by atoms with Crippen molar-refractivity contribution in [1.29, 1.82) is 0 Å². The summed E-state index contributed by atoms with van der Waals surface area (Å²) in [6.07, 6.45) is 7.85. The van der Waals surface area contributed by atoms with E-state index in [2.05, 4.69) is 23.5 Å². The molecule has 2 aromatic rings. The van der Waals surface area contributed by atoms with E-state index in [0.29, 0.717) is 29.1 Å². The maximum atomic E-state index is 14.3. The standard InChI is InChI=1S/C30H40FNO6S2/c1-6-9-15-30(16-10-7-2)20-32(22-11-13-23(36-4)14-12-22)25-17-27(39-5)26(18-28(25)40(34,35)21-30)38-19-24(31)29(33)37-8-3/h11-14,17-19H,6-10,15-16,20-21H2,1-5H3/b24-19-. The molecule has 0 N–H and O–H groups in total. The number of sulfone groups is 1. The first-order valence-electron chi connectivity index (χ1n) is 13.7. The second kappa shape index (κ2) is 14.3. The number of thioether (sulfide) groups is 1. The molecule has 0 saturated carbocycles. The van der Waals surface area contributed by atoms with Gasteiger partial charge in [0.1, 0.15) is 17.8 Å². The summed E-state index contributed by atoms with van der Waals surface area (Å²) in [5, 5.41) is 0. The number of methoxy groups -OCH3 is 1. The first-order chi connectivity index (χ1) is 19.1. The Bertz CT molecular complexity index is 1290. The summed E-state index contributed by atoms with van der Waals surface area (Å²) in [5.74, 6) is -1.48. The fraction of sp³-hybridized carbons (Fsp3) is 0.500. The molecule has 0 aliphatic carbocycles. The molecule has 0 bridgehead atoms. The van der Waals surface area contributed by atoms with Crippen molar-refractivity contribution in [2.45, 2.75) is 69.1 Å². The van der Waals surface area contributed by atoms with Gasteiger partial charge in [-0.15, -0.1) is 11.8 Å². The molecule has 40 heavy (non-hydrogen) atoms. The molecule has 0 unspecified atom stereocenters. The zero-order chi connectivity index (χ0) is 29.3. The fourth-order valence-corrected chi connectivity index (χ4v) is 7.73. The average Bonchev–Trinajstić information content (AvgIpc) is 3.05. The molecule has 1 heterocycles. The van der Waals surface area contributed by atoms with Crippen LogP contribution in [-0.2, 0) is 19.4 Å². The molecule has 2 aromatic carbocycles. The number of benzene rings is 2. The van der Waals surface area contributed by atoms with Gasteiger partial charge in [0, 0.05) is 23.7 Å². The highest BCUT2D eigenvalue weighted by Crippen LogP contribution is 2.48.